The van der Waals surface area contributed by atoms with Gasteiger partial charge < -0.3 is 20.1 Å². The van der Waals surface area contributed by atoms with E-state index in [0.29, 0.717) is 29.2 Å². The Morgan fingerprint density at radius 1 is 1.05 bits per heavy atom. The van der Waals surface area contributed by atoms with E-state index in [2.05, 4.69) is 57.5 Å². The molecular formula is C30H25N5O3. The first-order chi connectivity index (χ1) is 18.4. The van der Waals surface area contributed by atoms with Crippen LogP contribution in [0.3, 0.4) is 0 Å². The molecule has 0 saturated heterocycles. The van der Waals surface area contributed by atoms with E-state index < -0.39 is 23.7 Å². The van der Waals surface area contributed by atoms with Crippen LogP contribution in [0, 0.1) is 23.2 Å². The van der Waals surface area contributed by atoms with E-state index in [9.17, 15) is 15.0 Å². The number of anilines is 1. The van der Waals surface area contributed by atoms with Crippen LogP contribution in [0.5, 0.6) is 0 Å². The summed E-state index contributed by atoms with van der Waals surface area (Å²) in [6.45, 7) is 1.48. The van der Waals surface area contributed by atoms with E-state index >= 15 is 0 Å². The number of carbonyl (C=O) groups is 1. The average Bonchev–Trinajstić information content (AvgIpc) is 3.49. The smallest absolute Gasteiger partial charge is 0.209 e. The number of benzene rings is 3. The quantitative estimate of drug-likeness (QED) is 0.255. The van der Waals surface area contributed by atoms with Crippen molar-refractivity contribution in [3.05, 3.63) is 72.3 Å². The van der Waals surface area contributed by atoms with Crippen LogP contribution < -0.4 is 5.32 Å². The van der Waals surface area contributed by atoms with Crippen molar-refractivity contribution in [1.82, 2.24) is 19.5 Å². The van der Waals surface area contributed by atoms with Gasteiger partial charge in [-0.1, -0.05) is 54.5 Å². The molecule has 0 amide bonds. The third kappa shape index (κ3) is 3.06. The average molecular weight is 504 g/mol. The Morgan fingerprint density at radius 2 is 1.79 bits per heavy atom. The SMILES string of the molecule is CNc1nc(C#Cc2cc3ccccc3c3ccccc23)nc2c1ncn2[C@@H]1C2C[C@@]2(C(C)=O)C(O)[C@H]1O. The molecule has 2 aliphatic carbocycles. The normalized spacial score (nSPS) is 25.8. The lowest BCUT2D eigenvalue weighted by Gasteiger charge is -2.23. The largest absolute Gasteiger partial charge is 0.389 e. The Bertz CT molecular complexity index is 1850. The fourth-order valence-corrected chi connectivity index (χ4v) is 6.42. The number of Topliss-reactive ketones (excluding diaryl/α,β-unsaturated/α-hetero) is 1. The van der Waals surface area contributed by atoms with Crippen LogP contribution in [-0.4, -0.2) is 54.8 Å². The molecule has 0 radical (unpaired) electrons. The van der Waals surface area contributed by atoms with E-state index in [0.717, 1.165) is 21.7 Å². The Balaban J connectivity index is 1.36. The third-order valence-corrected chi connectivity index (χ3v) is 8.38. The Hall–Kier alpha value is -4.32. The number of carbonyl (C=O) groups excluding carboxylic acids is 1. The van der Waals surface area contributed by atoms with Crippen LogP contribution in [0.4, 0.5) is 5.82 Å². The highest BCUT2D eigenvalue weighted by Gasteiger charge is 2.74. The second-order valence-corrected chi connectivity index (χ2v) is 10.2. The first-order valence-corrected chi connectivity index (χ1v) is 12.7. The highest BCUT2D eigenvalue weighted by molar-refractivity contribution is 6.09. The number of ketones is 1. The molecule has 2 aliphatic rings. The minimum absolute atomic E-state index is 0.0966. The minimum Gasteiger partial charge on any atom is -0.389 e. The molecule has 188 valence electrons. The van der Waals surface area contributed by atoms with Crippen LogP contribution >= 0.6 is 0 Å². The molecule has 8 nitrogen and oxygen atoms in total. The molecule has 38 heavy (non-hydrogen) atoms. The van der Waals surface area contributed by atoms with Crippen molar-refractivity contribution in [3.8, 4) is 11.8 Å². The minimum atomic E-state index is -1.11. The lowest BCUT2D eigenvalue weighted by molar-refractivity contribution is -0.128. The van der Waals surface area contributed by atoms with Crippen LogP contribution in [0.1, 0.15) is 30.8 Å². The van der Waals surface area contributed by atoms with Gasteiger partial charge in [0.05, 0.1) is 23.9 Å². The summed E-state index contributed by atoms with van der Waals surface area (Å²) in [5, 5.41) is 29.2. The highest BCUT2D eigenvalue weighted by Crippen LogP contribution is 2.68. The number of rotatable bonds is 3. The molecule has 3 N–H and O–H groups in total. The number of hydrogen-bond acceptors (Lipinski definition) is 7. The van der Waals surface area contributed by atoms with Crippen molar-refractivity contribution in [2.24, 2.45) is 11.3 Å². The molecule has 2 fully saturated rings. The number of aromatic nitrogens is 4. The van der Waals surface area contributed by atoms with E-state index in [1.54, 1.807) is 17.9 Å². The molecule has 2 heterocycles. The lowest BCUT2D eigenvalue weighted by Crippen LogP contribution is -2.36. The molecule has 2 aromatic heterocycles. The molecule has 0 spiro atoms. The molecule has 2 saturated carbocycles. The van der Waals surface area contributed by atoms with Crippen molar-refractivity contribution in [1.29, 1.82) is 0 Å². The molecule has 8 heteroatoms. The monoisotopic (exact) mass is 503 g/mol. The summed E-state index contributed by atoms with van der Waals surface area (Å²) >= 11 is 0. The number of nitrogens with one attached hydrogen (secondary N) is 1. The van der Waals surface area contributed by atoms with Gasteiger partial charge in [-0.2, -0.15) is 0 Å². The Kier molecular flexibility index (Phi) is 4.86. The van der Waals surface area contributed by atoms with Gasteiger partial charge in [0.1, 0.15) is 11.9 Å². The third-order valence-electron chi connectivity index (χ3n) is 8.38. The summed E-state index contributed by atoms with van der Waals surface area (Å²) in [5.41, 5.74) is 1.02. The molecule has 5 atom stereocenters. The fraction of sp³-hybridized carbons (Fsp3) is 0.267. The van der Waals surface area contributed by atoms with Crippen molar-refractivity contribution in [2.45, 2.75) is 31.6 Å². The van der Waals surface area contributed by atoms with E-state index in [-0.39, 0.29) is 11.7 Å². The van der Waals surface area contributed by atoms with Gasteiger partial charge in [-0.05, 0) is 52.8 Å². The number of fused-ring (bicyclic) bond motifs is 5. The maximum Gasteiger partial charge on any atom is 0.209 e. The van der Waals surface area contributed by atoms with Crippen LogP contribution in [0.15, 0.2) is 60.9 Å². The predicted molar refractivity (Wildman–Crippen MR) is 145 cm³/mol. The maximum atomic E-state index is 12.3. The summed E-state index contributed by atoms with van der Waals surface area (Å²) < 4.78 is 1.77. The number of aliphatic hydroxyl groups is 2. The van der Waals surface area contributed by atoms with Crippen LogP contribution in [0.25, 0.3) is 32.7 Å². The highest BCUT2D eigenvalue weighted by atomic mass is 16.3. The van der Waals surface area contributed by atoms with Crippen molar-refractivity contribution in [2.75, 3.05) is 12.4 Å². The van der Waals surface area contributed by atoms with E-state index in [1.807, 2.05) is 24.3 Å². The first-order valence-electron chi connectivity index (χ1n) is 12.7. The topological polar surface area (TPSA) is 113 Å². The summed E-state index contributed by atoms with van der Waals surface area (Å²) in [4.78, 5) is 26.2. The second-order valence-electron chi connectivity index (χ2n) is 10.2. The zero-order chi connectivity index (χ0) is 26.2. The molecule has 5 aromatic rings. The molecular weight excluding hydrogens is 478 g/mol. The number of hydrogen-bond donors (Lipinski definition) is 3. The summed E-state index contributed by atoms with van der Waals surface area (Å²) in [5.74, 6) is 6.98. The molecule has 0 bridgehead atoms. The molecule has 0 aliphatic heterocycles. The van der Waals surface area contributed by atoms with Crippen molar-refractivity contribution >= 4 is 44.3 Å². The standard InChI is InChI=1S/C30H25N5O3/c1-16(36)30-14-22(30)25(26(37)27(30)38)35-15-32-24-28(31-2)33-23(34-29(24)35)12-11-18-13-17-7-3-4-8-19(17)21-10-6-5-9-20(18)21/h3-10,13,15,22,25-27,37-38H,14H2,1-2H3,(H,31,33,34)/t22?,25-,26+,27?,30+/m1/s1. The van der Waals surface area contributed by atoms with Gasteiger partial charge in [-0.25, -0.2) is 15.0 Å². The van der Waals surface area contributed by atoms with Gasteiger partial charge >= 0.3 is 0 Å². The number of aliphatic hydroxyl groups excluding tert-OH is 2. The second kappa shape index (κ2) is 8.09. The van der Waals surface area contributed by atoms with Crippen molar-refractivity contribution < 1.29 is 15.0 Å². The predicted octanol–water partition coefficient (Wildman–Crippen LogP) is 3.45. The van der Waals surface area contributed by atoms with Gasteiger partial charge in [0.2, 0.25) is 5.82 Å². The van der Waals surface area contributed by atoms with Gasteiger partial charge in [0, 0.05) is 12.6 Å². The van der Waals surface area contributed by atoms with Crippen molar-refractivity contribution in [3.63, 3.8) is 0 Å². The zero-order valence-corrected chi connectivity index (χ0v) is 20.9. The maximum absolute atomic E-state index is 12.3. The van der Waals surface area contributed by atoms with Gasteiger partial charge in [-0.3, -0.25) is 4.79 Å². The Labute approximate surface area is 218 Å². The zero-order valence-electron chi connectivity index (χ0n) is 20.9. The van der Waals surface area contributed by atoms with Crippen LogP contribution in [0.2, 0.25) is 0 Å². The molecule has 3 aromatic carbocycles. The Morgan fingerprint density at radius 3 is 2.53 bits per heavy atom. The summed E-state index contributed by atoms with van der Waals surface area (Å²) in [6, 6.07) is 18.0. The van der Waals surface area contributed by atoms with E-state index in [1.165, 1.54) is 12.3 Å². The summed E-state index contributed by atoms with van der Waals surface area (Å²) in [7, 11) is 1.75. The van der Waals surface area contributed by atoms with E-state index in [4.69, 9.17) is 4.98 Å². The van der Waals surface area contributed by atoms with Crippen LogP contribution in [-0.2, 0) is 4.79 Å². The number of nitrogens with zero attached hydrogens (tertiary/aromatic N) is 4. The van der Waals surface area contributed by atoms with Gasteiger partial charge in [0.25, 0.3) is 0 Å². The summed E-state index contributed by atoms with van der Waals surface area (Å²) in [6.07, 6.45) is -0.0694. The van der Waals surface area contributed by atoms with Gasteiger partial charge in [-0.15, -0.1) is 0 Å². The molecule has 2 unspecified atom stereocenters. The first kappa shape index (κ1) is 22.8. The lowest BCUT2D eigenvalue weighted by atomic mass is 9.95. The molecule has 7 rings (SSSR count). The van der Waals surface area contributed by atoms with Gasteiger partial charge in [0.15, 0.2) is 17.0 Å². The number of imidazole rings is 1. The fourth-order valence-electron chi connectivity index (χ4n) is 6.42.